The average Bonchev–Trinajstić information content (AvgIpc) is 2.99. The fraction of sp³-hybridized carbons (Fsp3) is 0.375. The summed E-state index contributed by atoms with van der Waals surface area (Å²) in [6.45, 7) is 1.87. The molecule has 2 heterocycles. The largest absolute Gasteiger partial charge is 0.466 e. The third-order valence-electron chi connectivity index (χ3n) is 4.06. The summed E-state index contributed by atoms with van der Waals surface area (Å²) in [4.78, 5) is 24.6. The van der Waals surface area contributed by atoms with Crippen molar-refractivity contribution in [2.45, 2.75) is 32.1 Å². The fourth-order valence-electron chi connectivity index (χ4n) is 3.14. The number of hydrogen-bond acceptors (Lipinski definition) is 5. The normalized spacial score (nSPS) is 22.0. The number of carbonyl (C=O) groups is 2. The van der Waals surface area contributed by atoms with Gasteiger partial charge in [-0.3, -0.25) is 4.79 Å². The molecule has 3 rings (SSSR count). The standard InChI is InChI=1S/C16H17NO3S/c1-9-13(16(19)20-2)14(10-6-7-21-8-10)15-11(17-9)4-3-5-12(15)18/h6-8,14,17H,3-5H2,1-2H3/t14-/m0/s1. The molecule has 2 aliphatic rings. The van der Waals surface area contributed by atoms with Gasteiger partial charge in [0.15, 0.2) is 5.78 Å². The Kier molecular flexibility index (Phi) is 3.68. The van der Waals surface area contributed by atoms with Gasteiger partial charge in [0, 0.05) is 29.3 Å². The monoisotopic (exact) mass is 303 g/mol. The topological polar surface area (TPSA) is 55.4 Å². The molecule has 0 saturated carbocycles. The zero-order valence-corrected chi connectivity index (χ0v) is 12.9. The van der Waals surface area contributed by atoms with Gasteiger partial charge in [-0.1, -0.05) is 0 Å². The van der Waals surface area contributed by atoms with Crippen molar-refractivity contribution in [3.05, 3.63) is 44.9 Å². The maximum absolute atomic E-state index is 12.4. The van der Waals surface area contributed by atoms with E-state index < -0.39 is 0 Å². The van der Waals surface area contributed by atoms with Gasteiger partial charge < -0.3 is 10.1 Å². The average molecular weight is 303 g/mol. The van der Waals surface area contributed by atoms with Gasteiger partial charge in [-0.2, -0.15) is 11.3 Å². The summed E-state index contributed by atoms with van der Waals surface area (Å²) in [5.41, 5.74) is 4.03. The molecule has 1 aromatic rings. The summed E-state index contributed by atoms with van der Waals surface area (Å²) in [6.07, 6.45) is 2.27. The second-order valence-corrected chi connectivity index (χ2v) is 6.09. The predicted molar refractivity (Wildman–Crippen MR) is 80.8 cm³/mol. The Morgan fingerprint density at radius 2 is 2.24 bits per heavy atom. The highest BCUT2D eigenvalue weighted by Gasteiger charge is 2.38. The van der Waals surface area contributed by atoms with Crippen LogP contribution in [0.2, 0.25) is 0 Å². The zero-order chi connectivity index (χ0) is 15.0. The quantitative estimate of drug-likeness (QED) is 0.854. The Morgan fingerprint density at radius 3 is 2.90 bits per heavy atom. The summed E-state index contributed by atoms with van der Waals surface area (Å²) in [7, 11) is 1.37. The summed E-state index contributed by atoms with van der Waals surface area (Å²) in [5, 5.41) is 7.21. The van der Waals surface area contributed by atoms with Crippen LogP contribution in [0.3, 0.4) is 0 Å². The van der Waals surface area contributed by atoms with Crippen molar-refractivity contribution < 1.29 is 14.3 Å². The Hall–Kier alpha value is -1.88. The molecule has 0 unspecified atom stereocenters. The number of methoxy groups -OCH3 is 1. The van der Waals surface area contributed by atoms with E-state index in [1.807, 2.05) is 23.8 Å². The Bertz CT molecular complexity index is 655. The number of carbonyl (C=O) groups excluding carboxylic acids is 2. The van der Waals surface area contributed by atoms with Crippen LogP contribution in [-0.2, 0) is 14.3 Å². The van der Waals surface area contributed by atoms with Gasteiger partial charge in [-0.05, 0) is 42.2 Å². The lowest BCUT2D eigenvalue weighted by atomic mass is 9.76. The first kappa shape index (κ1) is 14.1. The SMILES string of the molecule is COC(=O)C1=C(C)NC2=C(C(=O)CCC2)[C@H]1c1ccsc1. The van der Waals surface area contributed by atoms with Crippen LogP contribution in [0, 0.1) is 0 Å². The molecule has 1 N–H and O–H groups in total. The van der Waals surface area contributed by atoms with Crippen molar-refractivity contribution in [2.75, 3.05) is 7.11 Å². The molecule has 1 aliphatic heterocycles. The lowest BCUT2D eigenvalue weighted by Crippen LogP contribution is -2.34. The molecule has 110 valence electrons. The molecule has 1 aromatic heterocycles. The van der Waals surface area contributed by atoms with Crippen LogP contribution < -0.4 is 5.32 Å². The number of Topliss-reactive ketones (excluding diaryl/α,β-unsaturated/α-hetero) is 1. The molecule has 0 amide bonds. The molecule has 4 nitrogen and oxygen atoms in total. The van der Waals surface area contributed by atoms with Gasteiger partial charge >= 0.3 is 5.97 Å². The fourth-order valence-corrected chi connectivity index (χ4v) is 3.82. The third-order valence-corrected chi connectivity index (χ3v) is 4.76. The highest BCUT2D eigenvalue weighted by atomic mass is 32.1. The highest BCUT2D eigenvalue weighted by molar-refractivity contribution is 7.08. The number of allylic oxidation sites excluding steroid dienone is 3. The first-order valence-corrected chi connectivity index (χ1v) is 7.92. The molecule has 0 spiro atoms. The molecular formula is C16H17NO3S. The second-order valence-electron chi connectivity index (χ2n) is 5.31. The molecular weight excluding hydrogens is 286 g/mol. The third kappa shape index (κ3) is 2.31. The van der Waals surface area contributed by atoms with Gasteiger partial charge in [0.05, 0.1) is 12.7 Å². The summed E-state index contributed by atoms with van der Waals surface area (Å²) in [6, 6.07) is 1.98. The van der Waals surface area contributed by atoms with Crippen LogP contribution in [0.4, 0.5) is 0 Å². The maximum atomic E-state index is 12.4. The first-order valence-electron chi connectivity index (χ1n) is 6.98. The predicted octanol–water partition coefficient (Wildman–Crippen LogP) is 2.89. The molecule has 0 aromatic carbocycles. The lowest BCUT2D eigenvalue weighted by molar-refractivity contribution is -0.136. The number of hydrogen-bond donors (Lipinski definition) is 1. The molecule has 0 bridgehead atoms. The van der Waals surface area contributed by atoms with Crippen LogP contribution >= 0.6 is 11.3 Å². The van der Waals surface area contributed by atoms with E-state index in [-0.39, 0.29) is 17.7 Å². The van der Waals surface area contributed by atoms with Crippen molar-refractivity contribution in [1.29, 1.82) is 0 Å². The van der Waals surface area contributed by atoms with Gasteiger partial charge in [-0.15, -0.1) is 0 Å². The minimum atomic E-state index is -0.374. The Morgan fingerprint density at radius 1 is 1.43 bits per heavy atom. The number of esters is 1. The van der Waals surface area contributed by atoms with E-state index >= 15 is 0 Å². The van der Waals surface area contributed by atoms with Crippen LogP contribution in [0.1, 0.15) is 37.7 Å². The van der Waals surface area contributed by atoms with Crippen LogP contribution in [0.5, 0.6) is 0 Å². The Labute approximate surface area is 127 Å². The summed E-state index contributed by atoms with van der Waals surface area (Å²) in [5.74, 6) is -0.539. The molecule has 0 radical (unpaired) electrons. The number of dihydropyridines is 1. The van der Waals surface area contributed by atoms with E-state index in [4.69, 9.17) is 4.74 Å². The van der Waals surface area contributed by atoms with E-state index in [0.29, 0.717) is 12.0 Å². The molecule has 5 heteroatoms. The van der Waals surface area contributed by atoms with E-state index in [9.17, 15) is 9.59 Å². The number of nitrogens with one attached hydrogen (secondary N) is 1. The minimum Gasteiger partial charge on any atom is -0.466 e. The van der Waals surface area contributed by atoms with E-state index in [2.05, 4.69) is 5.32 Å². The lowest BCUT2D eigenvalue weighted by Gasteiger charge is -2.33. The van der Waals surface area contributed by atoms with E-state index in [1.54, 1.807) is 11.3 Å². The number of ether oxygens (including phenoxy) is 1. The van der Waals surface area contributed by atoms with Crippen molar-refractivity contribution in [3.8, 4) is 0 Å². The second kappa shape index (κ2) is 5.48. The first-order chi connectivity index (χ1) is 10.1. The van der Waals surface area contributed by atoms with Gasteiger partial charge in [0.25, 0.3) is 0 Å². The van der Waals surface area contributed by atoms with E-state index in [1.165, 1.54) is 7.11 Å². The molecule has 1 aliphatic carbocycles. The van der Waals surface area contributed by atoms with Crippen molar-refractivity contribution in [1.82, 2.24) is 5.32 Å². The molecule has 1 atom stereocenters. The van der Waals surface area contributed by atoms with Crippen molar-refractivity contribution in [2.24, 2.45) is 0 Å². The number of rotatable bonds is 2. The highest BCUT2D eigenvalue weighted by Crippen LogP contribution is 2.42. The van der Waals surface area contributed by atoms with Crippen LogP contribution in [0.25, 0.3) is 0 Å². The van der Waals surface area contributed by atoms with Gasteiger partial charge in [-0.25, -0.2) is 4.79 Å². The summed E-state index contributed by atoms with van der Waals surface area (Å²) < 4.78 is 4.94. The van der Waals surface area contributed by atoms with E-state index in [0.717, 1.165) is 35.4 Å². The Balaban J connectivity index is 2.17. The van der Waals surface area contributed by atoms with Gasteiger partial charge in [0.1, 0.15) is 0 Å². The van der Waals surface area contributed by atoms with Crippen LogP contribution in [0.15, 0.2) is 39.4 Å². The van der Waals surface area contributed by atoms with Crippen LogP contribution in [-0.4, -0.2) is 18.9 Å². The number of thiophene rings is 1. The number of ketones is 1. The smallest absolute Gasteiger partial charge is 0.336 e. The molecule has 0 fully saturated rings. The molecule has 21 heavy (non-hydrogen) atoms. The minimum absolute atomic E-state index is 0.133. The molecule has 0 saturated heterocycles. The van der Waals surface area contributed by atoms with Gasteiger partial charge in [0.2, 0.25) is 0 Å². The summed E-state index contributed by atoms with van der Waals surface area (Å²) >= 11 is 1.57. The van der Waals surface area contributed by atoms with Crippen molar-refractivity contribution >= 4 is 23.1 Å². The van der Waals surface area contributed by atoms with Crippen molar-refractivity contribution in [3.63, 3.8) is 0 Å². The maximum Gasteiger partial charge on any atom is 0.336 e. The zero-order valence-electron chi connectivity index (χ0n) is 12.1.